The second-order valence-corrected chi connectivity index (χ2v) is 8.42. The normalized spacial score (nSPS) is 18.1. The summed E-state index contributed by atoms with van der Waals surface area (Å²) in [6.07, 6.45) is 0.394. The van der Waals surface area contributed by atoms with E-state index in [0.29, 0.717) is 24.5 Å². The van der Waals surface area contributed by atoms with Crippen molar-refractivity contribution in [3.05, 3.63) is 70.2 Å². The van der Waals surface area contributed by atoms with Crippen molar-refractivity contribution in [2.45, 2.75) is 18.9 Å². The molecule has 1 fully saturated rings. The third kappa shape index (κ3) is 4.46. The first kappa shape index (κ1) is 19.9. The average molecular weight is 412 g/mol. The van der Waals surface area contributed by atoms with Gasteiger partial charge in [0.15, 0.2) is 0 Å². The van der Waals surface area contributed by atoms with Crippen LogP contribution >= 0.6 is 11.6 Å². The SMILES string of the molecule is CN1CCN(C(=O)CC(CN2Cc3ccccc3C2=O)c2ccc(Cl)cc2)CC1. The van der Waals surface area contributed by atoms with E-state index in [1.807, 2.05) is 58.3 Å². The van der Waals surface area contributed by atoms with E-state index >= 15 is 0 Å². The topological polar surface area (TPSA) is 43.9 Å². The molecule has 1 atom stereocenters. The number of rotatable bonds is 5. The van der Waals surface area contributed by atoms with Crippen molar-refractivity contribution in [3.8, 4) is 0 Å². The lowest BCUT2D eigenvalue weighted by molar-refractivity contribution is -0.133. The van der Waals surface area contributed by atoms with Crippen LogP contribution in [0.15, 0.2) is 48.5 Å². The molecular formula is C23H26ClN3O2. The number of likely N-dealkylation sites (N-methyl/N-ethyl adjacent to an activating group) is 1. The quantitative estimate of drug-likeness (QED) is 0.758. The standard InChI is InChI=1S/C23H26ClN3O2/c1-25-10-12-26(13-11-25)22(28)14-19(17-6-8-20(24)9-7-17)16-27-15-18-4-2-3-5-21(18)23(27)29/h2-9,19H,10-16H2,1H3. The number of hydrogen-bond donors (Lipinski definition) is 0. The van der Waals surface area contributed by atoms with Crippen LogP contribution in [-0.4, -0.2) is 66.3 Å². The van der Waals surface area contributed by atoms with E-state index in [1.54, 1.807) is 0 Å². The molecule has 0 spiro atoms. The van der Waals surface area contributed by atoms with E-state index in [9.17, 15) is 9.59 Å². The number of piperazine rings is 1. The average Bonchev–Trinajstić information content (AvgIpc) is 3.04. The number of nitrogens with zero attached hydrogens (tertiary/aromatic N) is 3. The van der Waals surface area contributed by atoms with Gasteiger partial charge in [-0.3, -0.25) is 9.59 Å². The first-order chi connectivity index (χ1) is 14.0. The van der Waals surface area contributed by atoms with Crippen molar-refractivity contribution in [2.75, 3.05) is 39.8 Å². The second-order valence-electron chi connectivity index (χ2n) is 7.98. The molecule has 2 aliphatic heterocycles. The highest BCUT2D eigenvalue weighted by molar-refractivity contribution is 6.30. The maximum atomic E-state index is 13.0. The number of benzene rings is 2. The summed E-state index contributed by atoms with van der Waals surface area (Å²) in [6.45, 7) is 4.44. The molecule has 6 heteroatoms. The van der Waals surface area contributed by atoms with Gasteiger partial charge >= 0.3 is 0 Å². The van der Waals surface area contributed by atoms with Crippen LogP contribution in [0.2, 0.25) is 5.02 Å². The van der Waals surface area contributed by atoms with Crippen LogP contribution in [0.1, 0.15) is 33.8 Å². The molecule has 0 N–H and O–H groups in total. The Hall–Kier alpha value is -2.37. The van der Waals surface area contributed by atoms with E-state index in [2.05, 4.69) is 11.9 Å². The van der Waals surface area contributed by atoms with Gasteiger partial charge in [0, 0.05) is 62.2 Å². The van der Waals surface area contributed by atoms with Crippen molar-refractivity contribution in [1.82, 2.24) is 14.7 Å². The van der Waals surface area contributed by atoms with Crippen molar-refractivity contribution < 1.29 is 9.59 Å². The van der Waals surface area contributed by atoms with E-state index in [1.165, 1.54) is 0 Å². The highest BCUT2D eigenvalue weighted by atomic mass is 35.5. The monoisotopic (exact) mass is 411 g/mol. The minimum Gasteiger partial charge on any atom is -0.340 e. The molecule has 5 nitrogen and oxygen atoms in total. The Morgan fingerprint density at radius 1 is 1.03 bits per heavy atom. The Morgan fingerprint density at radius 3 is 2.41 bits per heavy atom. The fraction of sp³-hybridized carbons (Fsp3) is 0.391. The molecule has 1 unspecified atom stereocenters. The molecule has 0 aliphatic carbocycles. The first-order valence-electron chi connectivity index (χ1n) is 10.1. The zero-order valence-electron chi connectivity index (χ0n) is 16.7. The smallest absolute Gasteiger partial charge is 0.254 e. The van der Waals surface area contributed by atoms with E-state index in [4.69, 9.17) is 11.6 Å². The molecule has 29 heavy (non-hydrogen) atoms. The van der Waals surface area contributed by atoms with Crippen molar-refractivity contribution in [3.63, 3.8) is 0 Å². The van der Waals surface area contributed by atoms with E-state index in [-0.39, 0.29) is 17.7 Å². The van der Waals surface area contributed by atoms with Gasteiger partial charge in [-0.1, -0.05) is 41.9 Å². The highest BCUT2D eigenvalue weighted by Crippen LogP contribution is 2.29. The van der Waals surface area contributed by atoms with Gasteiger partial charge in [-0.15, -0.1) is 0 Å². The number of hydrogen-bond acceptors (Lipinski definition) is 3. The van der Waals surface area contributed by atoms with Gasteiger partial charge in [0.25, 0.3) is 5.91 Å². The minimum atomic E-state index is -0.0577. The van der Waals surface area contributed by atoms with Crippen molar-refractivity contribution in [1.29, 1.82) is 0 Å². The maximum absolute atomic E-state index is 13.0. The molecule has 4 rings (SSSR count). The Labute approximate surface area is 176 Å². The zero-order chi connectivity index (χ0) is 20.4. The van der Waals surface area contributed by atoms with Crippen LogP contribution < -0.4 is 0 Å². The zero-order valence-corrected chi connectivity index (χ0v) is 17.4. The largest absolute Gasteiger partial charge is 0.340 e. The summed E-state index contributed by atoms with van der Waals surface area (Å²) in [6, 6.07) is 15.4. The molecule has 0 aromatic heterocycles. The minimum absolute atomic E-state index is 0.0478. The van der Waals surface area contributed by atoms with Crippen molar-refractivity contribution >= 4 is 23.4 Å². The number of carbonyl (C=O) groups is 2. The van der Waals surface area contributed by atoms with Crippen LogP contribution in [0.25, 0.3) is 0 Å². The van der Waals surface area contributed by atoms with Crippen LogP contribution in [0.3, 0.4) is 0 Å². The molecule has 152 valence electrons. The molecular weight excluding hydrogens is 386 g/mol. The van der Waals surface area contributed by atoms with E-state index in [0.717, 1.165) is 42.9 Å². The molecule has 0 bridgehead atoms. The van der Waals surface area contributed by atoms with Gasteiger partial charge in [0.1, 0.15) is 0 Å². The predicted octanol–water partition coefficient (Wildman–Crippen LogP) is 3.24. The molecule has 2 aliphatic rings. The van der Waals surface area contributed by atoms with E-state index < -0.39 is 0 Å². The molecule has 2 amide bonds. The lowest BCUT2D eigenvalue weighted by Crippen LogP contribution is -2.47. The number of halogens is 1. The van der Waals surface area contributed by atoms with Gasteiger partial charge in [-0.2, -0.15) is 0 Å². The molecule has 2 aromatic rings. The van der Waals surface area contributed by atoms with Crippen LogP contribution in [0.4, 0.5) is 0 Å². The highest BCUT2D eigenvalue weighted by Gasteiger charge is 2.31. The number of carbonyl (C=O) groups excluding carboxylic acids is 2. The van der Waals surface area contributed by atoms with Crippen LogP contribution in [0, 0.1) is 0 Å². The molecule has 2 heterocycles. The summed E-state index contributed by atoms with van der Waals surface area (Å²) in [4.78, 5) is 31.9. The molecule has 0 radical (unpaired) electrons. The fourth-order valence-electron chi connectivity index (χ4n) is 4.15. The Bertz CT molecular complexity index is 891. The van der Waals surface area contributed by atoms with Crippen LogP contribution in [-0.2, 0) is 11.3 Å². The van der Waals surface area contributed by atoms with Gasteiger partial charge in [0.2, 0.25) is 5.91 Å². The van der Waals surface area contributed by atoms with Crippen LogP contribution in [0.5, 0.6) is 0 Å². The molecule has 1 saturated heterocycles. The molecule has 2 aromatic carbocycles. The summed E-state index contributed by atoms with van der Waals surface area (Å²) in [5.41, 5.74) is 2.87. The summed E-state index contributed by atoms with van der Waals surface area (Å²) in [5, 5.41) is 0.669. The Morgan fingerprint density at radius 2 is 1.72 bits per heavy atom. The van der Waals surface area contributed by atoms with Gasteiger partial charge in [0.05, 0.1) is 0 Å². The number of amides is 2. The first-order valence-corrected chi connectivity index (χ1v) is 10.5. The number of fused-ring (bicyclic) bond motifs is 1. The summed E-state index contributed by atoms with van der Waals surface area (Å²) < 4.78 is 0. The Kier molecular flexibility index (Phi) is 5.88. The Balaban J connectivity index is 1.51. The predicted molar refractivity (Wildman–Crippen MR) is 114 cm³/mol. The lowest BCUT2D eigenvalue weighted by atomic mass is 9.94. The van der Waals surface area contributed by atoms with Gasteiger partial charge < -0.3 is 14.7 Å². The maximum Gasteiger partial charge on any atom is 0.254 e. The molecule has 0 saturated carbocycles. The lowest BCUT2D eigenvalue weighted by Gasteiger charge is -2.34. The third-order valence-electron chi connectivity index (χ3n) is 5.96. The summed E-state index contributed by atoms with van der Waals surface area (Å²) >= 11 is 6.07. The van der Waals surface area contributed by atoms with Gasteiger partial charge in [-0.25, -0.2) is 0 Å². The summed E-state index contributed by atoms with van der Waals surface area (Å²) in [5.74, 6) is 0.145. The fourth-order valence-corrected chi connectivity index (χ4v) is 4.27. The third-order valence-corrected chi connectivity index (χ3v) is 6.21. The van der Waals surface area contributed by atoms with Crippen molar-refractivity contribution in [2.24, 2.45) is 0 Å². The summed E-state index contributed by atoms with van der Waals surface area (Å²) in [7, 11) is 2.08. The van der Waals surface area contributed by atoms with Gasteiger partial charge in [-0.05, 0) is 36.4 Å². The second kappa shape index (κ2) is 8.56.